The van der Waals surface area contributed by atoms with E-state index in [2.05, 4.69) is 20.7 Å². The Morgan fingerprint density at radius 2 is 2.33 bits per heavy atom. The number of likely N-dealkylation sites (N-methyl/N-ethyl adjacent to an activating group) is 1. The van der Waals surface area contributed by atoms with Crippen molar-refractivity contribution in [3.8, 4) is 0 Å². The smallest absolute Gasteiger partial charge is 0.408 e. The van der Waals surface area contributed by atoms with E-state index in [0.717, 1.165) is 13.1 Å². The SMILES string of the molecule is C[N-]CCNC(C)NC(=O)OC. The van der Waals surface area contributed by atoms with Gasteiger partial charge in [0, 0.05) is 0 Å². The van der Waals surface area contributed by atoms with Crippen molar-refractivity contribution in [1.82, 2.24) is 10.6 Å². The van der Waals surface area contributed by atoms with Crippen molar-refractivity contribution < 1.29 is 9.53 Å². The Balaban J connectivity index is 3.32. The van der Waals surface area contributed by atoms with Gasteiger partial charge in [0.05, 0.1) is 13.3 Å². The molecule has 1 atom stereocenters. The molecular formula is C7H16N3O2-. The molecule has 0 aliphatic rings. The number of carbonyl (C=O) groups excluding carboxylic acids is 1. The van der Waals surface area contributed by atoms with Gasteiger partial charge < -0.3 is 15.4 Å². The lowest BCUT2D eigenvalue weighted by Crippen LogP contribution is -2.43. The van der Waals surface area contributed by atoms with Gasteiger partial charge in [0.2, 0.25) is 0 Å². The molecule has 0 aromatic heterocycles. The lowest BCUT2D eigenvalue weighted by atomic mass is 10.5. The second kappa shape index (κ2) is 6.87. The number of rotatable bonds is 5. The molecule has 0 spiro atoms. The maximum Gasteiger partial charge on any atom is 0.408 e. The Morgan fingerprint density at radius 3 is 2.83 bits per heavy atom. The predicted molar refractivity (Wildman–Crippen MR) is 47.2 cm³/mol. The summed E-state index contributed by atoms with van der Waals surface area (Å²) in [4.78, 5) is 10.7. The lowest BCUT2D eigenvalue weighted by Gasteiger charge is -2.17. The van der Waals surface area contributed by atoms with Crippen molar-refractivity contribution in [3.05, 3.63) is 5.32 Å². The quantitative estimate of drug-likeness (QED) is 0.465. The molecule has 72 valence electrons. The summed E-state index contributed by atoms with van der Waals surface area (Å²) in [6.45, 7) is 3.33. The zero-order valence-corrected chi connectivity index (χ0v) is 7.76. The Kier molecular flexibility index (Phi) is 6.41. The van der Waals surface area contributed by atoms with E-state index in [1.54, 1.807) is 7.05 Å². The Labute approximate surface area is 72.9 Å². The van der Waals surface area contributed by atoms with E-state index < -0.39 is 6.09 Å². The first kappa shape index (κ1) is 11.2. The summed E-state index contributed by atoms with van der Waals surface area (Å²) < 4.78 is 4.41. The third kappa shape index (κ3) is 5.94. The largest absolute Gasteiger partial charge is 0.664 e. The van der Waals surface area contributed by atoms with Crippen molar-refractivity contribution in [3.63, 3.8) is 0 Å². The highest BCUT2D eigenvalue weighted by molar-refractivity contribution is 5.67. The van der Waals surface area contributed by atoms with E-state index in [-0.39, 0.29) is 6.17 Å². The van der Waals surface area contributed by atoms with Crippen LogP contribution in [0, 0.1) is 0 Å². The summed E-state index contributed by atoms with van der Waals surface area (Å²) in [6, 6.07) is 0. The van der Waals surface area contributed by atoms with Gasteiger partial charge in [0.15, 0.2) is 0 Å². The van der Waals surface area contributed by atoms with Gasteiger partial charge in [-0.1, -0.05) is 0 Å². The fraction of sp³-hybridized carbons (Fsp3) is 0.857. The minimum atomic E-state index is -0.427. The van der Waals surface area contributed by atoms with Crippen LogP contribution in [-0.4, -0.2) is 39.5 Å². The monoisotopic (exact) mass is 174 g/mol. The molecule has 0 aliphatic carbocycles. The van der Waals surface area contributed by atoms with Crippen LogP contribution in [0.1, 0.15) is 6.92 Å². The summed E-state index contributed by atoms with van der Waals surface area (Å²) in [5.41, 5.74) is 0. The van der Waals surface area contributed by atoms with E-state index in [0.29, 0.717) is 0 Å². The van der Waals surface area contributed by atoms with Gasteiger partial charge in [0.1, 0.15) is 0 Å². The van der Waals surface area contributed by atoms with Gasteiger partial charge in [-0.25, -0.2) is 4.79 Å². The maximum absolute atomic E-state index is 10.7. The van der Waals surface area contributed by atoms with E-state index in [1.807, 2.05) is 6.92 Å². The summed E-state index contributed by atoms with van der Waals surface area (Å²) in [7, 11) is 3.09. The summed E-state index contributed by atoms with van der Waals surface area (Å²) in [6.07, 6.45) is -0.511. The fourth-order valence-corrected chi connectivity index (χ4v) is 0.680. The highest BCUT2D eigenvalue weighted by Gasteiger charge is 2.03. The molecule has 0 heterocycles. The van der Waals surface area contributed by atoms with Gasteiger partial charge >= 0.3 is 6.09 Å². The molecule has 2 N–H and O–H groups in total. The van der Waals surface area contributed by atoms with Crippen molar-refractivity contribution >= 4 is 6.09 Å². The van der Waals surface area contributed by atoms with Gasteiger partial charge in [-0.3, -0.25) is 5.32 Å². The molecule has 12 heavy (non-hydrogen) atoms. The molecular weight excluding hydrogens is 158 g/mol. The molecule has 0 rings (SSSR count). The molecule has 0 aromatic rings. The molecule has 0 saturated carbocycles. The summed E-state index contributed by atoms with van der Waals surface area (Å²) >= 11 is 0. The van der Waals surface area contributed by atoms with Crippen LogP contribution in [-0.2, 0) is 4.74 Å². The number of hydrogen-bond acceptors (Lipinski definition) is 3. The van der Waals surface area contributed by atoms with Crippen LogP contribution in [0.5, 0.6) is 0 Å². The minimum absolute atomic E-state index is 0.0841. The fourth-order valence-electron chi connectivity index (χ4n) is 0.680. The number of nitrogens with one attached hydrogen (secondary N) is 2. The van der Waals surface area contributed by atoms with Crippen LogP contribution in [0.4, 0.5) is 4.79 Å². The first-order valence-corrected chi connectivity index (χ1v) is 3.84. The van der Waals surface area contributed by atoms with Gasteiger partial charge in [0.25, 0.3) is 0 Å². The molecule has 0 fully saturated rings. The molecule has 5 nitrogen and oxygen atoms in total. The molecule has 0 saturated heterocycles. The van der Waals surface area contributed by atoms with Gasteiger partial charge in [-0.15, -0.1) is 6.54 Å². The molecule has 0 aromatic carbocycles. The summed E-state index contributed by atoms with van der Waals surface area (Å²) in [5.74, 6) is 0. The number of nitrogens with zero attached hydrogens (tertiary/aromatic N) is 1. The second-order valence-corrected chi connectivity index (χ2v) is 2.35. The number of hydrogen-bond donors (Lipinski definition) is 2. The molecule has 1 unspecified atom stereocenters. The Morgan fingerprint density at radius 1 is 1.67 bits per heavy atom. The highest BCUT2D eigenvalue weighted by Crippen LogP contribution is 1.79. The number of alkyl carbamates (subject to hydrolysis) is 1. The first-order valence-electron chi connectivity index (χ1n) is 3.84. The van der Waals surface area contributed by atoms with Crippen molar-refractivity contribution in [2.75, 3.05) is 27.2 Å². The number of ether oxygens (including phenoxy) is 1. The predicted octanol–water partition coefficient (Wildman–Crippen LogP) is 0.281. The van der Waals surface area contributed by atoms with Crippen LogP contribution in [0.3, 0.4) is 0 Å². The van der Waals surface area contributed by atoms with Crippen molar-refractivity contribution in [2.24, 2.45) is 0 Å². The number of carbonyl (C=O) groups is 1. The molecule has 0 bridgehead atoms. The third-order valence-electron chi connectivity index (χ3n) is 1.31. The van der Waals surface area contributed by atoms with E-state index in [1.165, 1.54) is 7.11 Å². The lowest BCUT2D eigenvalue weighted by molar-refractivity contribution is 0.165. The van der Waals surface area contributed by atoms with E-state index in [9.17, 15) is 4.79 Å². The van der Waals surface area contributed by atoms with Crippen molar-refractivity contribution in [2.45, 2.75) is 13.1 Å². The Hall–Kier alpha value is -0.810. The molecule has 0 radical (unpaired) electrons. The van der Waals surface area contributed by atoms with Crippen LogP contribution < -0.4 is 10.6 Å². The third-order valence-corrected chi connectivity index (χ3v) is 1.31. The average Bonchev–Trinajstić information content (AvgIpc) is 2.05. The van der Waals surface area contributed by atoms with Gasteiger partial charge in [-0.2, -0.15) is 7.05 Å². The highest BCUT2D eigenvalue weighted by atomic mass is 16.5. The zero-order valence-electron chi connectivity index (χ0n) is 7.76. The van der Waals surface area contributed by atoms with Gasteiger partial charge in [-0.05, 0) is 13.5 Å². The number of methoxy groups -OCH3 is 1. The Bertz CT molecular complexity index is 130. The van der Waals surface area contributed by atoms with Crippen LogP contribution in [0.25, 0.3) is 5.32 Å². The zero-order chi connectivity index (χ0) is 9.40. The summed E-state index contributed by atoms with van der Waals surface area (Å²) in [5, 5.41) is 9.52. The van der Waals surface area contributed by atoms with E-state index >= 15 is 0 Å². The normalized spacial score (nSPS) is 12.2. The standard InChI is InChI=1S/C7H16N3O2/c1-6(9-5-4-8-2)10-7(11)12-3/h6,9H,4-5H2,1-3H3,(H,10,11)/q-1. The van der Waals surface area contributed by atoms with Crippen LogP contribution in [0.2, 0.25) is 0 Å². The van der Waals surface area contributed by atoms with Crippen LogP contribution in [0.15, 0.2) is 0 Å². The van der Waals surface area contributed by atoms with Crippen molar-refractivity contribution in [1.29, 1.82) is 0 Å². The van der Waals surface area contributed by atoms with Crippen LogP contribution >= 0.6 is 0 Å². The second-order valence-electron chi connectivity index (χ2n) is 2.35. The molecule has 0 aliphatic heterocycles. The maximum atomic E-state index is 10.7. The number of amides is 1. The van der Waals surface area contributed by atoms with E-state index in [4.69, 9.17) is 0 Å². The molecule has 1 amide bonds. The topological polar surface area (TPSA) is 64.5 Å². The average molecular weight is 174 g/mol. The minimum Gasteiger partial charge on any atom is -0.664 e. The first-order chi connectivity index (χ1) is 5.70. The molecule has 5 heteroatoms.